The molecule has 2 aromatic rings. The number of hydrogen-bond acceptors (Lipinski definition) is 10. The summed E-state index contributed by atoms with van der Waals surface area (Å²) in [5.41, 5.74) is -1.01. The summed E-state index contributed by atoms with van der Waals surface area (Å²) in [7, 11) is -4.25. The quantitative estimate of drug-likeness (QED) is 0.158. The predicted molar refractivity (Wildman–Crippen MR) is 212 cm³/mol. The number of ketones is 1. The predicted octanol–water partition coefficient (Wildman–Crippen LogP) is 6.51. The first-order chi connectivity index (χ1) is 26.6. The number of carbonyl (C=O) groups is 4. The maximum Gasteiger partial charge on any atom is 0.407 e. The SMILES string of the molecule is Cc1ccc(S(=O)(=O)OCC(=O)OC2CC(C)(CCNC(=O)c3ccc(CNC(=O)OC(C)(C)C)cc3)C(=O)C(C)C34CCC(CO)C35C(CC(C)C25C)C4)cc1. The molecular formula is C44H60N2O10S. The van der Waals surface area contributed by atoms with E-state index < -0.39 is 56.7 Å². The zero-order chi connectivity index (χ0) is 41.8. The highest BCUT2D eigenvalue weighted by Gasteiger charge is 2.84. The van der Waals surface area contributed by atoms with E-state index >= 15 is 0 Å². The van der Waals surface area contributed by atoms with Gasteiger partial charge in [0.1, 0.15) is 17.5 Å². The Hall–Kier alpha value is -3.81. The van der Waals surface area contributed by atoms with Gasteiger partial charge in [0.15, 0.2) is 6.61 Å². The molecule has 4 aliphatic rings. The van der Waals surface area contributed by atoms with Crippen LogP contribution in [0.25, 0.3) is 0 Å². The number of benzene rings is 2. The van der Waals surface area contributed by atoms with Crippen molar-refractivity contribution in [1.82, 2.24) is 10.6 Å². The summed E-state index contributed by atoms with van der Waals surface area (Å²) in [6, 6.07) is 13.0. The number of ether oxygens (including phenoxy) is 2. The van der Waals surface area contributed by atoms with Gasteiger partial charge >= 0.3 is 12.1 Å². The number of rotatable bonds is 12. The average molecular weight is 809 g/mol. The molecule has 57 heavy (non-hydrogen) atoms. The summed E-state index contributed by atoms with van der Waals surface area (Å²) in [5, 5.41) is 16.6. The van der Waals surface area contributed by atoms with E-state index in [1.54, 1.807) is 57.2 Å². The van der Waals surface area contributed by atoms with Crippen molar-refractivity contribution >= 4 is 33.9 Å². The van der Waals surface area contributed by atoms with Gasteiger partial charge in [-0.25, -0.2) is 9.59 Å². The molecule has 9 atom stereocenters. The number of hydrogen-bond donors (Lipinski definition) is 3. The second kappa shape index (κ2) is 15.4. The van der Waals surface area contributed by atoms with Gasteiger partial charge in [-0.15, -0.1) is 0 Å². The Labute approximate surface area is 337 Å². The lowest BCUT2D eigenvalue weighted by Gasteiger charge is -2.71. The van der Waals surface area contributed by atoms with Crippen LogP contribution < -0.4 is 10.6 Å². The lowest BCUT2D eigenvalue weighted by Crippen LogP contribution is -2.71. The maximum absolute atomic E-state index is 14.9. The van der Waals surface area contributed by atoms with Crippen LogP contribution in [0, 0.1) is 52.3 Å². The zero-order valence-corrected chi connectivity index (χ0v) is 35.4. The van der Waals surface area contributed by atoms with Crippen molar-refractivity contribution in [2.75, 3.05) is 19.8 Å². The first-order valence-corrected chi connectivity index (χ1v) is 21.7. The summed E-state index contributed by atoms with van der Waals surface area (Å²) in [6.45, 7) is 15.0. The number of amides is 2. The summed E-state index contributed by atoms with van der Waals surface area (Å²) in [4.78, 5) is 54.0. The number of esters is 1. The van der Waals surface area contributed by atoms with Gasteiger partial charge in [-0.05, 0) is 125 Å². The number of Topliss-reactive ketones (excluding diaryl/α,β-unsaturated/α-hetero) is 1. The third-order valence-electron chi connectivity index (χ3n) is 14.5. The lowest BCUT2D eigenvalue weighted by atomic mass is 9.32. The second-order valence-electron chi connectivity index (χ2n) is 18.7. The molecule has 12 nitrogen and oxygen atoms in total. The van der Waals surface area contributed by atoms with Gasteiger partial charge in [0.25, 0.3) is 16.0 Å². The lowest BCUT2D eigenvalue weighted by molar-refractivity contribution is -0.262. The van der Waals surface area contributed by atoms with Crippen LogP contribution in [0.2, 0.25) is 0 Å². The molecule has 2 aromatic carbocycles. The molecule has 312 valence electrons. The molecule has 3 N–H and O–H groups in total. The third-order valence-corrected chi connectivity index (χ3v) is 15.8. The number of aliphatic hydroxyl groups excluding tert-OH is 1. The van der Waals surface area contributed by atoms with Crippen molar-refractivity contribution in [2.45, 2.75) is 117 Å². The Bertz CT molecular complexity index is 1980. The minimum Gasteiger partial charge on any atom is -0.460 e. The Morgan fingerprint density at radius 3 is 2.26 bits per heavy atom. The molecule has 0 bridgehead atoms. The highest BCUT2D eigenvalue weighted by Crippen LogP contribution is 2.87. The summed E-state index contributed by atoms with van der Waals surface area (Å²) < 4.78 is 43.0. The number of aryl methyl sites for hydroxylation is 1. The molecule has 9 unspecified atom stereocenters. The van der Waals surface area contributed by atoms with Crippen molar-refractivity contribution in [3.63, 3.8) is 0 Å². The van der Waals surface area contributed by atoms with Crippen molar-refractivity contribution in [2.24, 2.45) is 45.3 Å². The molecule has 0 heterocycles. The smallest absolute Gasteiger partial charge is 0.407 e. The monoisotopic (exact) mass is 808 g/mol. The number of aliphatic hydroxyl groups is 1. The van der Waals surface area contributed by atoms with Crippen molar-refractivity contribution in [3.05, 3.63) is 65.2 Å². The van der Waals surface area contributed by atoms with E-state index in [0.29, 0.717) is 5.56 Å². The van der Waals surface area contributed by atoms with Crippen LogP contribution >= 0.6 is 0 Å². The van der Waals surface area contributed by atoms with Crippen LogP contribution in [0.1, 0.15) is 108 Å². The van der Waals surface area contributed by atoms with E-state index in [1.165, 1.54) is 12.1 Å². The average Bonchev–Trinajstić information content (AvgIpc) is 3.51. The van der Waals surface area contributed by atoms with Crippen molar-refractivity contribution in [3.8, 4) is 0 Å². The number of carbonyl (C=O) groups excluding carboxylic acids is 4. The van der Waals surface area contributed by atoms with E-state index in [4.69, 9.17) is 13.7 Å². The van der Waals surface area contributed by atoms with E-state index in [0.717, 1.165) is 36.8 Å². The van der Waals surface area contributed by atoms with Crippen LogP contribution in [0.4, 0.5) is 4.79 Å². The minimum atomic E-state index is -4.25. The van der Waals surface area contributed by atoms with Gasteiger partial charge in [-0.1, -0.05) is 57.5 Å². The topological polar surface area (TPSA) is 174 Å². The fourth-order valence-electron chi connectivity index (χ4n) is 11.9. The first kappa shape index (κ1) is 42.8. The molecule has 13 heteroatoms. The fourth-order valence-corrected chi connectivity index (χ4v) is 12.7. The molecular weight excluding hydrogens is 749 g/mol. The molecule has 4 aliphatic carbocycles. The van der Waals surface area contributed by atoms with Gasteiger partial charge in [-0.3, -0.25) is 13.8 Å². The second-order valence-corrected chi connectivity index (χ2v) is 20.3. The van der Waals surface area contributed by atoms with Crippen LogP contribution in [0.3, 0.4) is 0 Å². The van der Waals surface area contributed by atoms with E-state index in [-0.39, 0.29) is 78.2 Å². The van der Waals surface area contributed by atoms with Crippen molar-refractivity contribution < 1.29 is 46.4 Å². The van der Waals surface area contributed by atoms with Gasteiger partial charge in [0, 0.05) is 42.0 Å². The highest BCUT2D eigenvalue weighted by atomic mass is 32.2. The fraction of sp³-hybridized carbons (Fsp3) is 0.636. The standard InChI is InChI=1S/C44H60N2O10S/c1-27-9-15-34(16-10-27)57(52,53)54-26-36(48)55-35-23-41(7,19-20-45-38(50)31-13-11-30(12-14-31)24-46-39(51)56-40(4,5)6)37(49)29(3)43-18-17-32(25-47)44(43)33(22-43)21-28(2)42(35,44)8/h9-16,28-29,32-33,35,47H,17-26H2,1-8H3,(H,45,50)(H,46,51). The Kier molecular flexibility index (Phi) is 11.6. The van der Waals surface area contributed by atoms with Gasteiger partial charge < -0.3 is 25.2 Å². The molecule has 0 saturated heterocycles. The summed E-state index contributed by atoms with van der Waals surface area (Å²) >= 11 is 0. The largest absolute Gasteiger partial charge is 0.460 e. The molecule has 1 spiro atoms. The van der Waals surface area contributed by atoms with E-state index in [2.05, 4.69) is 24.5 Å². The molecule has 0 aromatic heterocycles. The van der Waals surface area contributed by atoms with E-state index in [1.807, 2.05) is 20.8 Å². The molecule has 4 saturated carbocycles. The number of alkyl carbamates (subject to hydrolysis) is 1. The van der Waals surface area contributed by atoms with Crippen LogP contribution in [0.15, 0.2) is 53.4 Å². The minimum absolute atomic E-state index is 0.0232. The number of nitrogens with one attached hydrogen (secondary N) is 2. The van der Waals surface area contributed by atoms with Gasteiger partial charge in [0.05, 0.1) is 4.90 Å². The van der Waals surface area contributed by atoms with Crippen LogP contribution in [-0.4, -0.2) is 68.7 Å². The Morgan fingerprint density at radius 2 is 1.63 bits per heavy atom. The molecule has 0 radical (unpaired) electrons. The summed E-state index contributed by atoms with van der Waals surface area (Å²) in [6.07, 6.45) is 2.44. The van der Waals surface area contributed by atoms with Gasteiger partial charge in [-0.2, -0.15) is 8.42 Å². The van der Waals surface area contributed by atoms with Crippen molar-refractivity contribution in [1.29, 1.82) is 0 Å². The first-order valence-electron chi connectivity index (χ1n) is 20.3. The Balaban J connectivity index is 1.21. The molecule has 6 rings (SSSR count). The highest BCUT2D eigenvalue weighted by molar-refractivity contribution is 7.86. The molecule has 4 fully saturated rings. The van der Waals surface area contributed by atoms with Gasteiger partial charge in [0.2, 0.25) is 0 Å². The van der Waals surface area contributed by atoms with E-state index in [9.17, 15) is 32.7 Å². The van der Waals surface area contributed by atoms with Crippen LogP contribution in [-0.2, 0) is 39.9 Å². The molecule has 2 amide bonds. The zero-order valence-electron chi connectivity index (χ0n) is 34.6. The normalized spacial score (nSPS) is 33.2. The Morgan fingerprint density at radius 1 is 0.965 bits per heavy atom. The maximum atomic E-state index is 14.9. The summed E-state index contributed by atoms with van der Waals surface area (Å²) in [5.74, 6) is -1.15. The third kappa shape index (κ3) is 7.41. The molecule has 0 aliphatic heterocycles. The van der Waals surface area contributed by atoms with Crippen LogP contribution in [0.5, 0.6) is 0 Å².